The number of morpholine rings is 1. The minimum atomic E-state index is -3.42. The maximum atomic E-state index is 13.3. The molecule has 2 heterocycles. The van der Waals surface area contributed by atoms with E-state index < -0.39 is 9.84 Å². The SMILES string of the molecule is CS(=O)(=O)c1cccc2sc(N(CCN3CCOCC3)C(=O)CSc3ccccc3)nc12. The second kappa shape index (κ2) is 10.3. The van der Waals surface area contributed by atoms with E-state index in [-0.39, 0.29) is 16.6 Å². The summed E-state index contributed by atoms with van der Waals surface area (Å²) in [4.78, 5) is 23.1. The number of nitrogens with zero attached hydrogens (tertiary/aromatic N) is 3. The van der Waals surface area contributed by atoms with Crippen LogP contribution in [-0.2, 0) is 19.4 Å². The predicted octanol–water partition coefficient (Wildman–Crippen LogP) is 3.16. The van der Waals surface area contributed by atoms with Gasteiger partial charge in [0.2, 0.25) is 5.91 Å². The van der Waals surface area contributed by atoms with Gasteiger partial charge in [0.25, 0.3) is 0 Å². The molecule has 0 bridgehead atoms. The topological polar surface area (TPSA) is 79.8 Å². The highest BCUT2D eigenvalue weighted by atomic mass is 32.2. The lowest BCUT2D eigenvalue weighted by atomic mass is 10.3. The van der Waals surface area contributed by atoms with Crippen LogP contribution in [0.2, 0.25) is 0 Å². The number of thiazole rings is 1. The van der Waals surface area contributed by atoms with E-state index in [0.29, 0.717) is 37.0 Å². The summed E-state index contributed by atoms with van der Waals surface area (Å²) in [5, 5.41) is 0.531. The third-order valence-electron chi connectivity index (χ3n) is 5.15. The molecule has 2 aromatic carbocycles. The zero-order valence-electron chi connectivity index (χ0n) is 17.8. The number of hydrogen-bond donors (Lipinski definition) is 0. The molecule has 0 unspecified atom stereocenters. The number of rotatable bonds is 8. The molecule has 1 amide bonds. The molecule has 0 atom stereocenters. The zero-order valence-corrected chi connectivity index (χ0v) is 20.2. The third-order valence-corrected chi connectivity index (χ3v) is 8.32. The molecule has 32 heavy (non-hydrogen) atoms. The number of aromatic nitrogens is 1. The molecule has 170 valence electrons. The van der Waals surface area contributed by atoms with Crippen molar-refractivity contribution in [3.8, 4) is 0 Å². The second-order valence-electron chi connectivity index (χ2n) is 7.47. The van der Waals surface area contributed by atoms with Gasteiger partial charge >= 0.3 is 0 Å². The fourth-order valence-corrected chi connectivity index (χ4v) is 6.19. The van der Waals surface area contributed by atoms with Crippen LogP contribution in [-0.4, -0.2) is 75.6 Å². The maximum Gasteiger partial charge on any atom is 0.239 e. The fraction of sp³-hybridized carbons (Fsp3) is 0.364. The van der Waals surface area contributed by atoms with Crippen LogP contribution < -0.4 is 4.90 Å². The standard InChI is InChI=1S/C22H25N3O4S3/c1-32(27,28)19-9-5-8-18-21(19)23-22(31-18)25(11-10-24-12-14-29-15-13-24)20(26)16-30-17-6-3-2-4-7-17/h2-9H,10-16H2,1H3. The Morgan fingerprint density at radius 1 is 1.16 bits per heavy atom. The summed E-state index contributed by atoms with van der Waals surface area (Å²) in [7, 11) is -3.42. The molecule has 4 rings (SSSR count). The van der Waals surface area contributed by atoms with Gasteiger partial charge in [0.15, 0.2) is 15.0 Å². The number of fused-ring (bicyclic) bond motifs is 1. The highest BCUT2D eigenvalue weighted by Crippen LogP contribution is 2.33. The average molecular weight is 492 g/mol. The number of para-hydroxylation sites is 1. The molecule has 0 spiro atoms. The molecule has 7 nitrogen and oxygen atoms in total. The Morgan fingerprint density at radius 2 is 1.91 bits per heavy atom. The zero-order chi connectivity index (χ0) is 22.6. The second-order valence-corrected chi connectivity index (χ2v) is 11.5. The van der Waals surface area contributed by atoms with Crippen molar-refractivity contribution in [3.63, 3.8) is 0 Å². The third kappa shape index (κ3) is 5.68. The predicted molar refractivity (Wildman–Crippen MR) is 130 cm³/mol. The molecule has 1 aliphatic rings. The molecule has 0 N–H and O–H groups in total. The van der Waals surface area contributed by atoms with Crippen LogP contribution in [0, 0.1) is 0 Å². The summed E-state index contributed by atoms with van der Waals surface area (Å²) >= 11 is 2.83. The molecule has 3 aromatic rings. The van der Waals surface area contributed by atoms with Crippen LogP contribution in [0.3, 0.4) is 0 Å². The highest BCUT2D eigenvalue weighted by molar-refractivity contribution is 8.00. The molecule has 0 saturated carbocycles. The first-order chi connectivity index (χ1) is 15.4. The summed E-state index contributed by atoms with van der Waals surface area (Å²) < 4.78 is 30.6. The van der Waals surface area contributed by atoms with Gasteiger partial charge in [-0.3, -0.25) is 14.6 Å². The van der Waals surface area contributed by atoms with E-state index in [1.165, 1.54) is 29.4 Å². The molecule has 1 aliphatic heterocycles. The van der Waals surface area contributed by atoms with E-state index in [2.05, 4.69) is 9.88 Å². The molecular formula is C22H25N3O4S3. The summed E-state index contributed by atoms with van der Waals surface area (Å²) in [5.41, 5.74) is 0.426. The van der Waals surface area contributed by atoms with Crippen LogP contribution in [0.25, 0.3) is 10.2 Å². The van der Waals surface area contributed by atoms with Gasteiger partial charge in [-0.2, -0.15) is 0 Å². The first-order valence-electron chi connectivity index (χ1n) is 10.3. The Morgan fingerprint density at radius 3 is 2.62 bits per heavy atom. The van der Waals surface area contributed by atoms with Gasteiger partial charge in [0, 0.05) is 37.3 Å². The average Bonchev–Trinajstić information content (AvgIpc) is 3.22. The first kappa shape index (κ1) is 23.2. The normalized spacial score (nSPS) is 15.2. The number of ether oxygens (including phenoxy) is 1. The van der Waals surface area contributed by atoms with Crippen molar-refractivity contribution in [3.05, 3.63) is 48.5 Å². The van der Waals surface area contributed by atoms with Gasteiger partial charge in [-0.25, -0.2) is 13.4 Å². The van der Waals surface area contributed by atoms with Crippen molar-refractivity contribution in [1.29, 1.82) is 0 Å². The Labute approximate surface area is 196 Å². The van der Waals surface area contributed by atoms with Crippen molar-refractivity contribution in [1.82, 2.24) is 9.88 Å². The van der Waals surface area contributed by atoms with E-state index in [1.54, 1.807) is 17.0 Å². The van der Waals surface area contributed by atoms with Crippen LogP contribution in [0.1, 0.15) is 0 Å². The highest BCUT2D eigenvalue weighted by Gasteiger charge is 2.23. The van der Waals surface area contributed by atoms with Gasteiger partial charge < -0.3 is 4.74 Å². The molecule has 0 radical (unpaired) electrons. The monoisotopic (exact) mass is 491 g/mol. The number of sulfone groups is 1. The van der Waals surface area contributed by atoms with Gasteiger partial charge in [0.1, 0.15) is 5.52 Å². The van der Waals surface area contributed by atoms with Crippen LogP contribution in [0.4, 0.5) is 5.13 Å². The van der Waals surface area contributed by atoms with Crippen LogP contribution in [0.15, 0.2) is 58.3 Å². The van der Waals surface area contributed by atoms with Crippen molar-refractivity contribution in [2.24, 2.45) is 0 Å². The molecule has 0 aliphatic carbocycles. The van der Waals surface area contributed by atoms with E-state index in [1.807, 2.05) is 36.4 Å². The molecule has 10 heteroatoms. The number of anilines is 1. The fourth-order valence-electron chi connectivity index (χ4n) is 3.46. The number of benzene rings is 2. The van der Waals surface area contributed by atoms with Gasteiger partial charge in [-0.15, -0.1) is 11.8 Å². The Hall–Kier alpha value is -1.98. The van der Waals surface area contributed by atoms with E-state index >= 15 is 0 Å². The maximum absolute atomic E-state index is 13.3. The van der Waals surface area contributed by atoms with E-state index in [9.17, 15) is 13.2 Å². The molecule has 1 aromatic heterocycles. The van der Waals surface area contributed by atoms with Gasteiger partial charge in [-0.1, -0.05) is 35.6 Å². The minimum Gasteiger partial charge on any atom is -0.379 e. The molecular weight excluding hydrogens is 466 g/mol. The van der Waals surface area contributed by atoms with Crippen molar-refractivity contribution in [2.75, 3.05) is 56.3 Å². The Kier molecular flexibility index (Phi) is 7.47. The Bertz CT molecular complexity index is 1180. The van der Waals surface area contributed by atoms with E-state index in [4.69, 9.17) is 4.74 Å². The van der Waals surface area contributed by atoms with Gasteiger partial charge in [-0.05, 0) is 24.3 Å². The van der Waals surface area contributed by atoms with Crippen LogP contribution in [0.5, 0.6) is 0 Å². The van der Waals surface area contributed by atoms with Crippen molar-refractivity contribution in [2.45, 2.75) is 9.79 Å². The van der Waals surface area contributed by atoms with Crippen molar-refractivity contribution >= 4 is 54.2 Å². The largest absolute Gasteiger partial charge is 0.379 e. The summed E-state index contributed by atoms with van der Waals surface area (Å²) in [5.74, 6) is 0.231. The first-order valence-corrected chi connectivity index (χ1v) is 14.0. The quantitative estimate of drug-likeness (QED) is 0.448. The number of thioether (sulfide) groups is 1. The Balaban J connectivity index is 1.59. The lowest BCUT2D eigenvalue weighted by Crippen LogP contribution is -2.43. The smallest absolute Gasteiger partial charge is 0.239 e. The lowest BCUT2D eigenvalue weighted by molar-refractivity contribution is -0.116. The van der Waals surface area contributed by atoms with Gasteiger partial charge in [0.05, 0.1) is 28.6 Å². The molecule has 1 fully saturated rings. The minimum absolute atomic E-state index is 0.0490. The summed E-state index contributed by atoms with van der Waals surface area (Å²) in [6.07, 6.45) is 1.18. The number of amides is 1. The van der Waals surface area contributed by atoms with E-state index in [0.717, 1.165) is 22.7 Å². The number of carbonyl (C=O) groups is 1. The molecule has 1 saturated heterocycles. The number of carbonyl (C=O) groups excluding carboxylic acids is 1. The summed E-state index contributed by atoms with van der Waals surface area (Å²) in [6.45, 7) is 4.24. The lowest BCUT2D eigenvalue weighted by Gasteiger charge is -2.29. The van der Waals surface area contributed by atoms with Crippen molar-refractivity contribution < 1.29 is 17.9 Å². The van der Waals surface area contributed by atoms with Crippen LogP contribution >= 0.6 is 23.1 Å². The summed E-state index contributed by atoms with van der Waals surface area (Å²) in [6, 6.07) is 14.9. The number of hydrogen-bond acceptors (Lipinski definition) is 8.